The van der Waals surface area contributed by atoms with Crippen molar-refractivity contribution in [1.82, 2.24) is 20.0 Å². The number of nitrogens with zero attached hydrogens (tertiary/aromatic N) is 4. The Hall–Kier alpha value is -0.620. The molecule has 0 aromatic rings. The van der Waals surface area contributed by atoms with E-state index in [0.29, 0.717) is 13.1 Å². The Balaban J connectivity index is 0.00000392. The zero-order valence-electron chi connectivity index (χ0n) is 17.6. The second-order valence-corrected chi connectivity index (χ2v) is 11.1. The topological polar surface area (TPSA) is 85.3 Å². The number of piperazine rings is 1. The fourth-order valence-electron chi connectivity index (χ4n) is 3.31. The molecule has 2 heterocycles. The maximum absolute atomic E-state index is 12.3. The number of guanidine groups is 1. The van der Waals surface area contributed by atoms with E-state index in [1.807, 2.05) is 4.90 Å². The molecule has 8 nitrogen and oxygen atoms in total. The van der Waals surface area contributed by atoms with E-state index in [4.69, 9.17) is 0 Å². The number of halogens is 1. The monoisotopic (exact) mass is 529 g/mol. The molecule has 2 saturated heterocycles. The Morgan fingerprint density at radius 3 is 2.07 bits per heavy atom. The van der Waals surface area contributed by atoms with Crippen molar-refractivity contribution in [3.05, 3.63) is 0 Å². The van der Waals surface area contributed by atoms with E-state index in [1.165, 1.54) is 0 Å². The zero-order chi connectivity index (χ0) is 20.1. The van der Waals surface area contributed by atoms with E-state index in [9.17, 15) is 13.2 Å². The molecule has 10 heteroatoms. The third-order valence-electron chi connectivity index (χ3n) is 5.29. The van der Waals surface area contributed by atoms with Gasteiger partial charge in [-0.3, -0.25) is 14.7 Å². The van der Waals surface area contributed by atoms with Gasteiger partial charge in [-0.05, 0) is 33.6 Å². The van der Waals surface area contributed by atoms with Crippen LogP contribution in [0, 0.1) is 0 Å². The molecule has 2 rings (SSSR count). The predicted molar refractivity (Wildman–Crippen MR) is 124 cm³/mol. The maximum atomic E-state index is 12.3. The van der Waals surface area contributed by atoms with E-state index in [1.54, 1.807) is 27.8 Å². The van der Waals surface area contributed by atoms with Crippen LogP contribution in [0.3, 0.4) is 0 Å². The molecule has 0 saturated carbocycles. The highest BCUT2D eigenvalue weighted by atomic mass is 127. The molecule has 0 spiro atoms. The summed E-state index contributed by atoms with van der Waals surface area (Å²) < 4.78 is 23.7. The number of carbonyl (C=O) groups is 1. The van der Waals surface area contributed by atoms with Crippen LogP contribution in [0.15, 0.2) is 4.99 Å². The molecular formula is C18H36IN5O3S. The summed E-state index contributed by atoms with van der Waals surface area (Å²) in [5.74, 6) is 1.04. The van der Waals surface area contributed by atoms with Crippen LogP contribution in [-0.4, -0.2) is 105 Å². The minimum Gasteiger partial charge on any atom is -0.355 e. The highest BCUT2D eigenvalue weighted by molar-refractivity contribution is 14.0. The molecule has 0 unspecified atom stereocenters. The van der Waals surface area contributed by atoms with Crippen molar-refractivity contribution in [2.24, 2.45) is 4.99 Å². The summed E-state index contributed by atoms with van der Waals surface area (Å²) in [5.41, 5.74) is 0. The van der Waals surface area contributed by atoms with Gasteiger partial charge in [0.2, 0.25) is 5.91 Å². The standard InChI is InChI=1S/C18H35N5O3S.HI/c1-18(2,3)27(25,26)14-7-20-17(19-4)23-12-10-21(11-13-23)15-16(24)22-8-5-6-9-22;/h5-15H2,1-4H3,(H,19,20);1H. The van der Waals surface area contributed by atoms with E-state index in [0.717, 1.165) is 58.1 Å². The van der Waals surface area contributed by atoms with Gasteiger partial charge < -0.3 is 15.1 Å². The van der Waals surface area contributed by atoms with E-state index in [-0.39, 0.29) is 35.6 Å². The summed E-state index contributed by atoms with van der Waals surface area (Å²) in [5, 5.41) is 3.17. The lowest BCUT2D eigenvalue weighted by Crippen LogP contribution is -2.54. The fraction of sp³-hybridized carbons (Fsp3) is 0.889. The smallest absolute Gasteiger partial charge is 0.236 e. The number of rotatable bonds is 5. The number of carbonyl (C=O) groups excluding carboxylic acids is 1. The largest absolute Gasteiger partial charge is 0.355 e. The third kappa shape index (κ3) is 7.01. The van der Waals surface area contributed by atoms with Gasteiger partial charge in [0.05, 0.1) is 17.0 Å². The SMILES string of the molecule is CN=C(NCCS(=O)(=O)C(C)(C)C)N1CCN(CC(=O)N2CCCC2)CC1.I. The van der Waals surface area contributed by atoms with Gasteiger partial charge >= 0.3 is 0 Å². The predicted octanol–water partition coefficient (Wildman–Crippen LogP) is 0.633. The van der Waals surface area contributed by atoms with Crippen LogP contribution in [-0.2, 0) is 14.6 Å². The lowest BCUT2D eigenvalue weighted by molar-refractivity contribution is -0.131. The lowest BCUT2D eigenvalue weighted by atomic mass is 10.3. The molecular weight excluding hydrogens is 493 g/mol. The summed E-state index contributed by atoms with van der Waals surface area (Å²) in [4.78, 5) is 22.8. The van der Waals surface area contributed by atoms with Crippen LogP contribution in [0.5, 0.6) is 0 Å². The van der Waals surface area contributed by atoms with Crippen molar-refractivity contribution in [2.45, 2.75) is 38.4 Å². The highest BCUT2D eigenvalue weighted by Gasteiger charge is 2.29. The molecule has 1 N–H and O–H groups in total. The Bertz CT molecular complexity index is 634. The van der Waals surface area contributed by atoms with Crippen LogP contribution < -0.4 is 5.32 Å². The molecule has 0 aliphatic carbocycles. The van der Waals surface area contributed by atoms with Crippen LogP contribution in [0.2, 0.25) is 0 Å². The number of amides is 1. The van der Waals surface area contributed by atoms with Crippen LogP contribution in [0.25, 0.3) is 0 Å². The maximum Gasteiger partial charge on any atom is 0.236 e. The average Bonchev–Trinajstić information content (AvgIpc) is 3.13. The summed E-state index contributed by atoms with van der Waals surface area (Å²) in [6, 6.07) is 0. The normalized spacial score (nSPS) is 19.5. The molecule has 2 fully saturated rings. The van der Waals surface area contributed by atoms with Gasteiger partial charge in [-0.2, -0.15) is 0 Å². The van der Waals surface area contributed by atoms with Crippen LogP contribution in [0.1, 0.15) is 33.6 Å². The first-order chi connectivity index (χ1) is 12.6. The van der Waals surface area contributed by atoms with E-state index < -0.39 is 14.6 Å². The van der Waals surface area contributed by atoms with E-state index in [2.05, 4.69) is 20.1 Å². The molecule has 1 amide bonds. The quantitative estimate of drug-likeness (QED) is 0.320. The van der Waals surface area contributed by atoms with Gasteiger partial charge in [-0.15, -0.1) is 24.0 Å². The number of aliphatic imine (C=N–C) groups is 1. The molecule has 2 aliphatic heterocycles. The Morgan fingerprint density at radius 1 is 1.00 bits per heavy atom. The third-order valence-corrected chi connectivity index (χ3v) is 7.90. The molecule has 28 heavy (non-hydrogen) atoms. The van der Waals surface area contributed by atoms with Crippen molar-refractivity contribution in [2.75, 3.05) is 65.2 Å². The van der Waals surface area contributed by atoms with Crippen LogP contribution in [0.4, 0.5) is 0 Å². The van der Waals surface area contributed by atoms with Crippen molar-refractivity contribution >= 4 is 45.7 Å². The lowest BCUT2D eigenvalue weighted by Gasteiger charge is -2.36. The average molecular weight is 529 g/mol. The van der Waals surface area contributed by atoms with Gasteiger partial charge in [0.15, 0.2) is 15.8 Å². The van der Waals surface area contributed by atoms with Gasteiger partial charge in [0.25, 0.3) is 0 Å². The Labute approximate surface area is 187 Å². The number of likely N-dealkylation sites (tertiary alicyclic amines) is 1. The Kier molecular flexibility index (Phi) is 9.95. The molecule has 2 aliphatic rings. The fourth-order valence-corrected chi connectivity index (χ4v) is 4.29. The van der Waals surface area contributed by atoms with Gasteiger partial charge in [-0.25, -0.2) is 8.42 Å². The first-order valence-corrected chi connectivity index (χ1v) is 11.5. The second-order valence-electron chi connectivity index (χ2n) is 8.26. The first kappa shape index (κ1) is 25.4. The molecule has 164 valence electrons. The first-order valence-electron chi connectivity index (χ1n) is 9.82. The molecule has 0 atom stereocenters. The van der Waals surface area contributed by atoms with Crippen molar-refractivity contribution in [3.8, 4) is 0 Å². The number of hydrogen-bond acceptors (Lipinski definition) is 5. The molecule has 0 radical (unpaired) electrons. The summed E-state index contributed by atoms with van der Waals surface area (Å²) >= 11 is 0. The van der Waals surface area contributed by atoms with E-state index >= 15 is 0 Å². The summed E-state index contributed by atoms with van der Waals surface area (Å²) in [6.45, 7) is 11.0. The second kappa shape index (κ2) is 11.0. The van der Waals surface area contributed by atoms with Crippen molar-refractivity contribution in [1.29, 1.82) is 0 Å². The number of nitrogens with one attached hydrogen (secondary N) is 1. The number of sulfone groups is 1. The zero-order valence-corrected chi connectivity index (χ0v) is 20.8. The Morgan fingerprint density at radius 2 is 1.57 bits per heavy atom. The van der Waals surface area contributed by atoms with Crippen molar-refractivity contribution < 1.29 is 13.2 Å². The molecule has 0 aromatic heterocycles. The minimum atomic E-state index is -3.15. The van der Waals surface area contributed by atoms with Gasteiger partial charge in [0, 0.05) is 52.9 Å². The van der Waals surface area contributed by atoms with Crippen LogP contribution >= 0.6 is 24.0 Å². The van der Waals surface area contributed by atoms with Gasteiger partial charge in [-0.1, -0.05) is 0 Å². The molecule has 0 bridgehead atoms. The van der Waals surface area contributed by atoms with Gasteiger partial charge in [0.1, 0.15) is 0 Å². The minimum absolute atomic E-state index is 0. The van der Waals surface area contributed by atoms with Crippen molar-refractivity contribution in [3.63, 3.8) is 0 Å². The molecule has 0 aromatic carbocycles. The summed E-state index contributed by atoms with van der Waals surface area (Å²) in [7, 11) is -1.44. The summed E-state index contributed by atoms with van der Waals surface area (Å²) in [6.07, 6.45) is 2.24. The number of hydrogen-bond donors (Lipinski definition) is 1. The highest BCUT2D eigenvalue weighted by Crippen LogP contribution is 2.15.